The smallest absolute Gasteiger partial charge is 0.259 e. The Kier molecular flexibility index (Phi) is 2.41. The van der Waals surface area contributed by atoms with E-state index in [1.807, 2.05) is 43.3 Å². The first kappa shape index (κ1) is 10.7. The van der Waals surface area contributed by atoms with Crippen LogP contribution in [-0.2, 0) is 0 Å². The van der Waals surface area contributed by atoms with E-state index in [9.17, 15) is 4.79 Å². The maximum atomic E-state index is 12.0. The van der Waals surface area contributed by atoms with E-state index in [2.05, 4.69) is 15.0 Å². The molecular formula is C14H11N3O. The molecule has 0 unspecified atom stereocenters. The van der Waals surface area contributed by atoms with Gasteiger partial charge in [0.2, 0.25) is 0 Å². The van der Waals surface area contributed by atoms with E-state index in [0.29, 0.717) is 22.4 Å². The van der Waals surface area contributed by atoms with Crippen LogP contribution in [0.5, 0.6) is 0 Å². The number of aromatic amines is 1. The molecule has 4 heteroatoms. The summed E-state index contributed by atoms with van der Waals surface area (Å²) in [4.78, 5) is 23.4. The van der Waals surface area contributed by atoms with Gasteiger partial charge in [-0.2, -0.15) is 0 Å². The summed E-state index contributed by atoms with van der Waals surface area (Å²) >= 11 is 0. The molecule has 0 amide bonds. The molecule has 3 rings (SSSR count). The van der Waals surface area contributed by atoms with Gasteiger partial charge in [0.05, 0.1) is 10.9 Å². The van der Waals surface area contributed by atoms with E-state index in [0.717, 1.165) is 5.56 Å². The quantitative estimate of drug-likeness (QED) is 0.706. The average Bonchev–Trinajstić information content (AvgIpc) is 2.40. The fraction of sp³-hybridized carbons (Fsp3) is 0.0714. The summed E-state index contributed by atoms with van der Waals surface area (Å²) < 4.78 is 0. The highest BCUT2D eigenvalue weighted by Crippen LogP contribution is 2.14. The maximum Gasteiger partial charge on any atom is 0.259 e. The number of rotatable bonds is 1. The van der Waals surface area contributed by atoms with Gasteiger partial charge in [0.1, 0.15) is 5.69 Å². The van der Waals surface area contributed by atoms with Crippen LogP contribution >= 0.6 is 0 Å². The predicted octanol–water partition coefficient (Wildman–Crippen LogP) is 2.29. The van der Waals surface area contributed by atoms with Crippen molar-refractivity contribution in [3.8, 4) is 11.5 Å². The van der Waals surface area contributed by atoms with E-state index in [1.165, 1.54) is 0 Å². The topological polar surface area (TPSA) is 58.6 Å². The van der Waals surface area contributed by atoms with Gasteiger partial charge in [-0.15, -0.1) is 0 Å². The Morgan fingerprint density at radius 3 is 2.83 bits per heavy atom. The molecule has 0 aliphatic rings. The molecule has 0 aliphatic carbocycles. The van der Waals surface area contributed by atoms with Gasteiger partial charge in [-0.05, 0) is 31.2 Å². The van der Waals surface area contributed by atoms with Gasteiger partial charge in [-0.3, -0.25) is 9.78 Å². The lowest BCUT2D eigenvalue weighted by molar-refractivity contribution is 1.14. The minimum absolute atomic E-state index is 0.135. The Bertz CT molecular complexity index is 763. The fourth-order valence-electron chi connectivity index (χ4n) is 1.88. The van der Waals surface area contributed by atoms with Crippen LogP contribution in [0, 0.1) is 6.92 Å². The normalized spacial score (nSPS) is 10.7. The maximum absolute atomic E-state index is 12.0. The minimum Gasteiger partial charge on any atom is -0.305 e. The molecule has 88 valence electrons. The van der Waals surface area contributed by atoms with E-state index < -0.39 is 0 Å². The monoisotopic (exact) mass is 237 g/mol. The second-order valence-corrected chi connectivity index (χ2v) is 4.15. The zero-order valence-electron chi connectivity index (χ0n) is 9.84. The number of nitrogens with one attached hydrogen (secondary N) is 1. The lowest BCUT2D eigenvalue weighted by Crippen LogP contribution is -2.10. The van der Waals surface area contributed by atoms with Crippen molar-refractivity contribution in [2.45, 2.75) is 6.92 Å². The minimum atomic E-state index is -0.135. The van der Waals surface area contributed by atoms with Crippen LogP contribution in [0.25, 0.3) is 22.4 Å². The van der Waals surface area contributed by atoms with Gasteiger partial charge in [0, 0.05) is 6.20 Å². The number of H-pyrrole nitrogens is 1. The van der Waals surface area contributed by atoms with E-state index in [1.54, 1.807) is 6.20 Å². The lowest BCUT2D eigenvalue weighted by Gasteiger charge is -2.02. The highest BCUT2D eigenvalue weighted by atomic mass is 16.1. The highest BCUT2D eigenvalue weighted by molar-refractivity contribution is 5.79. The van der Waals surface area contributed by atoms with Crippen LogP contribution in [0.2, 0.25) is 0 Å². The van der Waals surface area contributed by atoms with Crippen molar-refractivity contribution < 1.29 is 0 Å². The van der Waals surface area contributed by atoms with Crippen LogP contribution in [0.15, 0.2) is 47.4 Å². The molecular weight excluding hydrogens is 226 g/mol. The molecule has 0 atom stereocenters. The Labute approximate surface area is 103 Å². The van der Waals surface area contributed by atoms with Gasteiger partial charge in [-0.25, -0.2) is 4.98 Å². The van der Waals surface area contributed by atoms with Crippen molar-refractivity contribution in [1.82, 2.24) is 15.0 Å². The number of benzene rings is 1. The van der Waals surface area contributed by atoms with Crippen molar-refractivity contribution in [3.05, 3.63) is 58.5 Å². The third kappa shape index (κ3) is 1.78. The van der Waals surface area contributed by atoms with Crippen LogP contribution in [0.3, 0.4) is 0 Å². The number of aromatic nitrogens is 3. The first-order valence-electron chi connectivity index (χ1n) is 5.66. The van der Waals surface area contributed by atoms with Crippen LogP contribution in [-0.4, -0.2) is 15.0 Å². The van der Waals surface area contributed by atoms with Crippen molar-refractivity contribution in [1.29, 1.82) is 0 Å². The van der Waals surface area contributed by atoms with Crippen LogP contribution in [0.4, 0.5) is 0 Å². The molecule has 2 aromatic heterocycles. The van der Waals surface area contributed by atoms with E-state index in [-0.39, 0.29) is 5.56 Å². The first-order chi connectivity index (χ1) is 8.74. The summed E-state index contributed by atoms with van der Waals surface area (Å²) in [7, 11) is 0. The first-order valence-corrected chi connectivity index (χ1v) is 5.66. The molecule has 0 radical (unpaired) electrons. The number of aryl methyl sites for hydroxylation is 1. The molecule has 0 saturated heterocycles. The third-order valence-corrected chi connectivity index (χ3v) is 2.77. The standard InChI is InChI=1S/C14H11N3O/c1-9-5-6-11-10(8-9)14(18)17-13(16-11)12-4-2-3-7-15-12/h2-8H,1H3,(H,16,17,18). The lowest BCUT2D eigenvalue weighted by atomic mass is 10.1. The zero-order chi connectivity index (χ0) is 12.5. The molecule has 0 spiro atoms. The molecule has 0 aliphatic heterocycles. The van der Waals surface area contributed by atoms with Gasteiger partial charge in [0.25, 0.3) is 5.56 Å². The second kappa shape index (κ2) is 4.07. The number of pyridine rings is 1. The molecule has 0 saturated carbocycles. The second-order valence-electron chi connectivity index (χ2n) is 4.15. The Balaban J connectivity index is 2.29. The van der Waals surface area contributed by atoms with Gasteiger partial charge in [0.15, 0.2) is 5.82 Å². The molecule has 3 aromatic rings. The Hall–Kier alpha value is -2.49. The van der Waals surface area contributed by atoms with Crippen molar-refractivity contribution in [2.75, 3.05) is 0 Å². The van der Waals surface area contributed by atoms with Crippen molar-refractivity contribution in [3.63, 3.8) is 0 Å². The SMILES string of the molecule is Cc1ccc2nc(-c3ccccn3)[nH]c(=O)c2c1. The zero-order valence-corrected chi connectivity index (χ0v) is 9.84. The molecule has 1 N–H and O–H groups in total. The third-order valence-electron chi connectivity index (χ3n) is 2.77. The average molecular weight is 237 g/mol. The summed E-state index contributed by atoms with van der Waals surface area (Å²) in [6.07, 6.45) is 1.68. The van der Waals surface area contributed by atoms with Gasteiger partial charge in [-0.1, -0.05) is 17.7 Å². The summed E-state index contributed by atoms with van der Waals surface area (Å²) in [6, 6.07) is 11.1. The molecule has 0 fully saturated rings. The fourth-order valence-corrected chi connectivity index (χ4v) is 1.88. The van der Waals surface area contributed by atoms with E-state index in [4.69, 9.17) is 0 Å². The van der Waals surface area contributed by atoms with Gasteiger partial charge >= 0.3 is 0 Å². The molecule has 18 heavy (non-hydrogen) atoms. The predicted molar refractivity (Wildman–Crippen MR) is 70.3 cm³/mol. The molecule has 1 aromatic carbocycles. The molecule has 4 nitrogen and oxygen atoms in total. The van der Waals surface area contributed by atoms with Crippen molar-refractivity contribution >= 4 is 10.9 Å². The highest BCUT2D eigenvalue weighted by Gasteiger charge is 2.06. The summed E-state index contributed by atoms with van der Waals surface area (Å²) in [5.41, 5.74) is 2.26. The summed E-state index contributed by atoms with van der Waals surface area (Å²) in [5.74, 6) is 0.497. The van der Waals surface area contributed by atoms with Gasteiger partial charge < -0.3 is 4.98 Å². The number of hydrogen-bond donors (Lipinski definition) is 1. The molecule has 0 bridgehead atoms. The number of hydrogen-bond acceptors (Lipinski definition) is 3. The summed E-state index contributed by atoms with van der Waals surface area (Å²) in [6.45, 7) is 1.95. The number of fused-ring (bicyclic) bond motifs is 1. The van der Waals surface area contributed by atoms with Crippen molar-refractivity contribution in [2.24, 2.45) is 0 Å². The Morgan fingerprint density at radius 1 is 1.17 bits per heavy atom. The summed E-state index contributed by atoms with van der Waals surface area (Å²) in [5, 5.41) is 0.606. The molecule has 2 heterocycles. The van der Waals surface area contributed by atoms with Crippen LogP contribution < -0.4 is 5.56 Å². The van der Waals surface area contributed by atoms with Crippen LogP contribution in [0.1, 0.15) is 5.56 Å². The number of nitrogens with zero attached hydrogens (tertiary/aromatic N) is 2. The van der Waals surface area contributed by atoms with E-state index >= 15 is 0 Å². The Morgan fingerprint density at radius 2 is 2.06 bits per heavy atom. The largest absolute Gasteiger partial charge is 0.305 e.